The smallest absolute Gasteiger partial charge is 0.325 e. The third-order valence-electron chi connectivity index (χ3n) is 6.41. The number of urea groups is 1. The van der Waals surface area contributed by atoms with Crippen LogP contribution in [0, 0.1) is 5.92 Å². The molecule has 1 aromatic carbocycles. The van der Waals surface area contributed by atoms with Gasteiger partial charge in [0.1, 0.15) is 17.8 Å². The van der Waals surface area contributed by atoms with Gasteiger partial charge < -0.3 is 20.3 Å². The van der Waals surface area contributed by atoms with Crippen LogP contribution in [0.15, 0.2) is 24.3 Å². The minimum absolute atomic E-state index is 0.000709. The van der Waals surface area contributed by atoms with Crippen molar-refractivity contribution in [3.63, 3.8) is 0 Å². The topological polar surface area (TPSA) is 108 Å². The van der Waals surface area contributed by atoms with E-state index in [4.69, 9.17) is 4.74 Å². The van der Waals surface area contributed by atoms with Crippen LogP contribution in [0.25, 0.3) is 0 Å². The molecule has 30 heavy (non-hydrogen) atoms. The first-order valence-electron chi connectivity index (χ1n) is 10.3. The molecule has 3 atom stereocenters. The molecule has 9 nitrogen and oxygen atoms in total. The second kappa shape index (κ2) is 7.62. The van der Waals surface area contributed by atoms with E-state index in [0.717, 1.165) is 24.2 Å². The van der Waals surface area contributed by atoms with Crippen LogP contribution in [0.5, 0.6) is 5.75 Å². The molecular weight excluding hydrogens is 388 g/mol. The predicted molar refractivity (Wildman–Crippen MR) is 108 cm³/mol. The van der Waals surface area contributed by atoms with Gasteiger partial charge in [-0.05, 0) is 30.9 Å². The number of ether oxygens (including phenoxy) is 1. The number of carbonyl (C=O) groups is 4. The molecule has 2 fully saturated rings. The van der Waals surface area contributed by atoms with Crippen LogP contribution >= 0.6 is 0 Å². The quantitative estimate of drug-likeness (QED) is 0.718. The average Bonchev–Trinajstić information content (AvgIpc) is 2.99. The summed E-state index contributed by atoms with van der Waals surface area (Å²) in [5.74, 6) is -0.710. The Morgan fingerprint density at radius 3 is 2.77 bits per heavy atom. The number of rotatable bonds is 3. The monoisotopic (exact) mass is 414 g/mol. The van der Waals surface area contributed by atoms with E-state index in [1.165, 1.54) is 11.9 Å². The number of hydrogen-bond donors (Lipinski definition) is 2. The molecule has 2 aliphatic heterocycles. The summed E-state index contributed by atoms with van der Waals surface area (Å²) < 4.78 is 5.72. The number of benzene rings is 1. The highest BCUT2D eigenvalue weighted by Crippen LogP contribution is 2.38. The van der Waals surface area contributed by atoms with E-state index < -0.39 is 23.6 Å². The number of likely N-dealkylation sites (N-methyl/N-ethyl adjacent to an activating group) is 1. The van der Waals surface area contributed by atoms with Crippen molar-refractivity contribution in [2.45, 2.75) is 44.2 Å². The third-order valence-corrected chi connectivity index (χ3v) is 6.41. The molecule has 4 rings (SSSR count). The molecule has 1 saturated heterocycles. The van der Waals surface area contributed by atoms with Gasteiger partial charge in [-0.25, -0.2) is 4.79 Å². The lowest BCUT2D eigenvalue weighted by Gasteiger charge is -2.37. The Labute approximate surface area is 174 Å². The second-order valence-corrected chi connectivity index (χ2v) is 8.13. The van der Waals surface area contributed by atoms with Crippen molar-refractivity contribution in [1.29, 1.82) is 0 Å². The van der Waals surface area contributed by atoms with E-state index >= 15 is 0 Å². The Kier molecular flexibility index (Phi) is 5.13. The molecule has 0 bridgehead atoms. The lowest BCUT2D eigenvalue weighted by molar-refractivity contribution is -0.137. The van der Waals surface area contributed by atoms with Gasteiger partial charge in [0, 0.05) is 7.05 Å². The number of imide groups is 1. The number of fused-ring (bicyclic) bond motifs is 1. The van der Waals surface area contributed by atoms with E-state index in [-0.39, 0.29) is 30.8 Å². The van der Waals surface area contributed by atoms with E-state index in [0.29, 0.717) is 17.9 Å². The van der Waals surface area contributed by atoms with Crippen molar-refractivity contribution in [1.82, 2.24) is 15.5 Å². The van der Waals surface area contributed by atoms with Gasteiger partial charge in [0.05, 0.1) is 12.2 Å². The minimum Gasteiger partial charge on any atom is -0.477 e. The minimum atomic E-state index is -0.914. The highest BCUT2D eigenvalue weighted by molar-refractivity contribution is 6.11. The van der Waals surface area contributed by atoms with Crippen LogP contribution in [-0.4, -0.2) is 60.4 Å². The Bertz CT molecular complexity index is 903. The maximum atomic E-state index is 13.2. The van der Waals surface area contributed by atoms with E-state index in [2.05, 4.69) is 10.6 Å². The van der Waals surface area contributed by atoms with Gasteiger partial charge in [-0.3, -0.25) is 19.3 Å². The molecular formula is C21H26N4O5. The molecule has 0 radical (unpaired) electrons. The number of hydrogen-bond acceptors (Lipinski definition) is 5. The fraction of sp³-hybridized carbons (Fsp3) is 0.524. The molecule has 1 spiro atoms. The number of anilines is 1. The second-order valence-electron chi connectivity index (χ2n) is 8.13. The van der Waals surface area contributed by atoms with Crippen molar-refractivity contribution < 1.29 is 23.9 Å². The summed E-state index contributed by atoms with van der Waals surface area (Å²) in [4.78, 5) is 53.5. The van der Waals surface area contributed by atoms with Crippen LogP contribution in [0.3, 0.4) is 0 Å². The lowest BCUT2D eigenvalue weighted by Crippen LogP contribution is -2.55. The maximum Gasteiger partial charge on any atom is 0.325 e. The van der Waals surface area contributed by atoms with Crippen molar-refractivity contribution in [3.05, 3.63) is 24.3 Å². The first-order valence-corrected chi connectivity index (χ1v) is 10.3. The highest BCUT2D eigenvalue weighted by atomic mass is 16.5. The van der Waals surface area contributed by atoms with Gasteiger partial charge in [0.15, 0.2) is 6.10 Å². The number of nitrogens with zero attached hydrogens (tertiary/aromatic N) is 2. The first-order chi connectivity index (χ1) is 14.4. The summed E-state index contributed by atoms with van der Waals surface area (Å²) in [7, 11) is 1.50. The lowest BCUT2D eigenvalue weighted by atomic mass is 9.73. The number of para-hydroxylation sites is 2. The fourth-order valence-electron chi connectivity index (χ4n) is 4.63. The molecule has 2 heterocycles. The Morgan fingerprint density at radius 2 is 2.03 bits per heavy atom. The average molecular weight is 414 g/mol. The van der Waals surface area contributed by atoms with E-state index in [9.17, 15) is 19.2 Å². The third kappa shape index (κ3) is 3.18. The molecule has 1 aromatic rings. The summed E-state index contributed by atoms with van der Waals surface area (Å²) in [6.07, 6.45) is 2.46. The number of nitrogens with one attached hydrogen (secondary N) is 2. The molecule has 1 aliphatic carbocycles. The number of carbonyl (C=O) groups excluding carboxylic acids is 4. The normalized spacial score (nSPS) is 28.1. The van der Waals surface area contributed by atoms with Crippen molar-refractivity contribution in [3.8, 4) is 5.75 Å². The van der Waals surface area contributed by atoms with Crippen molar-refractivity contribution in [2.75, 3.05) is 25.0 Å². The SMILES string of the molecule is CNC(=O)[C@@H]1CN(C(=O)CN2C(=O)N[C@@]3(CCCC[C@H]3C)C2=O)c2ccccc2O1. The predicted octanol–water partition coefficient (Wildman–Crippen LogP) is 1.03. The molecule has 9 heteroatoms. The van der Waals surface area contributed by atoms with E-state index in [1.54, 1.807) is 24.3 Å². The molecule has 0 unspecified atom stereocenters. The zero-order valence-corrected chi connectivity index (χ0v) is 17.1. The Balaban J connectivity index is 1.56. The zero-order valence-electron chi connectivity index (χ0n) is 17.1. The summed E-state index contributed by atoms with van der Waals surface area (Å²) in [5, 5.41) is 5.39. The summed E-state index contributed by atoms with van der Waals surface area (Å²) in [5.41, 5.74) is -0.404. The van der Waals surface area contributed by atoms with Crippen LogP contribution in [0.4, 0.5) is 10.5 Å². The Hall–Kier alpha value is -3.10. The van der Waals surface area contributed by atoms with Crippen LogP contribution in [0.1, 0.15) is 32.6 Å². The largest absolute Gasteiger partial charge is 0.477 e. The summed E-state index contributed by atoms with van der Waals surface area (Å²) in [6.45, 7) is 1.59. The molecule has 5 amide bonds. The van der Waals surface area contributed by atoms with Gasteiger partial charge >= 0.3 is 6.03 Å². The summed E-state index contributed by atoms with van der Waals surface area (Å²) >= 11 is 0. The standard InChI is InChI=1S/C21H26N4O5/c1-13-7-5-6-10-21(13)19(28)25(20(29)23-21)12-17(26)24-11-16(18(27)22-2)30-15-9-4-3-8-14(15)24/h3-4,8-9,13,16H,5-7,10-12H2,1-2H3,(H,22,27)(H,23,29)/t13-,16+,21-/m1/s1. The van der Waals surface area contributed by atoms with Gasteiger partial charge in [-0.2, -0.15) is 0 Å². The van der Waals surface area contributed by atoms with Gasteiger partial charge in [-0.15, -0.1) is 0 Å². The summed E-state index contributed by atoms with van der Waals surface area (Å²) in [6, 6.07) is 6.36. The molecule has 1 saturated carbocycles. The Morgan fingerprint density at radius 1 is 1.27 bits per heavy atom. The van der Waals surface area contributed by atoms with Gasteiger partial charge in [0.25, 0.3) is 11.8 Å². The first kappa shape index (κ1) is 20.2. The maximum absolute atomic E-state index is 13.2. The van der Waals surface area contributed by atoms with Crippen LogP contribution in [0.2, 0.25) is 0 Å². The highest BCUT2D eigenvalue weighted by Gasteiger charge is 2.55. The van der Waals surface area contributed by atoms with Crippen LogP contribution in [-0.2, 0) is 14.4 Å². The molecule has 160 valence electrons. The zero-order chi connectivity index (χ0) is 21.5. The fourth-order valence-corrected chi connectivity index (χ4v) is 4.63. The molecule has 3 aliphatic rings. The van der Waals surface area contributed by atoms with Crippen molar-refractivity contribution >= 4 is 29.4 Å². The van der Waals surface area contributed by atoms with Crippen LogP contribution < -0.4 is 20.3 Å². The van der Waals surface area contributed by atoms with E-state index in [1.807, 2.05) is 6.92 Å². The molecule has 0 aromatic heterocycles. The molecule has 2 N–H and O–H groups in total. The van der Waals surface area contributed by atoms with Gasteiger partial charge in [-0.1, -0.05) is 31.9 Å². The van der Waals surface area contributed by atoms with Crippen molar-refractivity contribution in [2.24, 2.45) is 5.92 Å². The number of amides is 5. The van der Waals surface area contributed by atoms with Gasteiger partial charge in [0.2, 0.25) is 5.91 Å².